The predicted molar refractivity (Wildman–Crippen MR) is 141 cm³/mol. The van der Waals surface area contributed by atoms with Gasteiger partial charge in [-0.15, -0.1) is 0 Å². The lowest BCUT2D eigenvalue weighted by Crippen LogP contribution is -2.19. The van der Waals surface area contributed by atoms with Crippen molar-refractivity contribution in [1.29, 1.82) is 0 Å². The minimum Gasteiger partial charge on any atom is -0.454 e. The summed E-state index contributed by atoms with van der Waals surface area (Å²) < 4.78 is 49.3. The first-order valence-corrected chi connectivity index (χ1v) is 11.3. The van der Waals surface area contributed by atoms with Crippen LogP contribution < -0.4 is 26.3 Å². The first kappa shape index (κ1) is 26.1. The topological polar surface area (TPSA) is 128 Å². The van der Waals surface area contributed by atoms with Gasteiger partial charge < -0.3 is 31.2 Å². The number of anilines is 2. The number of ether oxygens (including phenoxy) is 2. The van der Waals surface area contributed by atoms with Crippen LogP contribution in [0, 0.1) is 12.7 Å². The first-order valence-electron chi connectivity index (χ1n) is 11.3. The molecule has 11 heteroatoms. The lowest BCUT2D eigenvalue weighted by atomic mass is 10.1. The Kier molecular flexibility index (Phi) is 7.56. The van der Waals surface area contributed by atoms with Gasteiger partial charge in [0.15, 0.2) is 11.6 Å². The summed E-state index contributed by atoms with van der Waals surface area (Å²) >= 11 is 0. The number of nitrogen functional groups attached to an aromatic ring is 1. The average molecular weight is 524 g/mol. The van der Waals surface area contributed by atoms with E-state index < -0.39 is 18.2 Å². The van der Waals surface area contributed by atoms with Gasteiger partial charge in [0.2, 0.25) is 5.78 Å². The second-order valence-electron chi connectivity index (χ2n) is 8.22. The van der Waals surface area contributed by atoms with Crippen molar-refractivity contribution in [1.82, 2.24) is 4.98 Å². The van der Waals surface area contributed by atoms with E-state index in [4.69, 9.17) is 16.2 Å². The number of carbonyl (C=O) groups excluding carboxylic acids is 1. The fourth-order valence-corrected chi connectivity index (χ4v) is 3.73. The summed E-state index contributed by atoms with van der Waals surface area (Å²) in [4.78, 5) is 20.2. The Morgan fingerprint density at radius 2 is 1.87 bits per heavy atom. The van der Waals surface area contributed by atoms with Crippen molar-refractivity contribution in [3.05, 3.63) is 89.1 Å². The van der Waals surface area contributed by atoms with Crippen molar-refractivity contribution < 1.29 is 27.4 Å². The third-order valence-corrected chi connectivity index (χ3v) is 5.54. The maximum atomic E-state index is 13.9. The van der Waals surface area contributed by atoms with E-state index in [1.807, 2.05) is 0 Å². The van der Waals surface area contributed by atoms with E-state index in [-0.39, 0.29) is 34.3 Å². The van der Waals surface area contributed by atoms with Crippen LogP contribution in [0.1, 0.15) is 16.1 Å². The van der Waals surface area contributed by atoms with Crippen LogP contribution in [0.4, 0.5) is 24.5 Å². The molecule has 6 N–H and O–H groups in total. The van der Waals surface area contributed by atoms with Crippen molar-refractivity contribution in [3.63, 3.8) is 0 Å². The number of fused-ring (bicyclic) bond motifs is 1. The van der Waals surface area contributed by atoms with E-state index in [9.17, 15) is 18.0 Å². The molecule has 0 fully saturated rings. The molecule has 0 radical (unpaired) electrons. The fourth-order valence-electron chi connectivity index (χ4n) is 3.73. The molecule has 0 aliphatic carbocycles. The van der Waals surface area contributed by atoms with Crippen LogP contribution in [-0.2, 0) is 0 Å². The highest BCUT2D eigenvalue weighted by atomic mass is 19.3. The molecule has 0 aliphatic heterocycles. The van der Waals surface area contributed by atoms with E-state index in [0.29, 0.717) is 22.3 Å². The third-order valence-electron chi connectivity index (χ3n) is 5.54. The number of nitrogens with two attached hydrogens (primary N) is 2. The van der Waals surface area contributed by atoms with Gasteiger partial charge in [-0.2, -0.15) is 8.78 Å². The molecule has 0 aliphatic rings. The number of aliphatic imine (C=N–C) groups is 1. The number of alkyl halides is 2. The molecule has 0 unspecified atom stereocenters. The minimum absolute atomic E-state index is 0.0105. The number of carbonyl (C=O) groups is 1. The quantitative estimate of drug-likeness (QED) is 0.0956. The van der Waals surface area contributed by atoms with Crippen LogP contribution in [0.2, 0.25) is 0 Å². The number of halogens is 3. The largest absolute Gasteiger partial charge is 0.454 e. The molecule has 0 bridgehead atoms. The van der Waals surface area contributed by atoms with Crippen molar-refractivity contribution in [2.24, 2.45) is 10.7 Å². The van der Waals surface area contributed by atoms with Crippen molar-refractivity contribution >= 4 is 34.3 Å². The SMILES string of the molecule is C/N=C\C(C(=O)c1cc2cc(OC(F)F)c(N)cc2[nH]1)=C(\N)Nc1ccc(Oc2ccccc2F)cc1C. The van der Waals surface area contributed by atoms with E-state index in [2.05, 4.69) is 20.0 Å². The van der Waals surface area contributed by atoms with Gasteiger partial charge in [0.1, 0.15) is 17.3 Å². The molecule has 1 aromatic heterocycles. The lowest BCUT2D eigenvalue weighted by Gasteiger charge is -2.14. The van der Waals surface area contributed by atoms with Crippen LogP contribution in [0.3, 0.4) is 0 Å². The molecule has 196 valence electrons. The average Bonchev–Trinajstić information content (AvgIpc) is 3.27. The third kappa shape index (κ3) is 5.72. The van der Waals surface area contributed by atoms with Crippen LogP contribution in [-0.4, -0.2) is 30.6 Å². The fraction of sp³-hybridized carbons (Fsp3) is 0.111. The Morgan fingerprint density at radius 1 is 1.11 bits per heavy atom. The molecule has 8 nitrogen and oxygen atoms in total. The number of allylic oxidation sites excluding steroid dienone is 1. The summed E-state index contributed by atoms with van der Waals surface area (Å²) in [5, 5.41) is 3.44. The number of hydrogen-bond donors (Lipinski definition) is 4. The molecule has 4 rings (SSSR count). The number of para-hydroxylation sites is 1. The molecule has 0 spiro atoms. The number of aromatic nitrogens is 1. The predicted octanol–water partition coefficient (Wildman–Crippen LogP) is 5.76. The van der Waals surface area contributed by atoms with Gasteiger partial charge in [-0.3, -0.25) is 9.79 Å². The van der Waals surface area contributed by atoms with E-state index in [0.717, 1.165) is 5.56 Å². The first-order chi connectivity index (χ1) is 18.2. The highest BCUT2D eigenvalue weighted by Gasteiger charge is 2.19. The molecule has 0 saturated heterocycles. The van der Waals surface area contributed by atoms with Gasteiger partial charge >= 0.3 is 6.61 Å². The maximum Gasteiger partial charge on any atom is 0.387 e. The summed E-state index contributed by atoms with van der Waals surface area (Å²) in [6.45, 7) is -1.25. The number of rotatable bonds is 9. The Morgan fingerprint density at radius 3 is 2.55 bits per heavy atom. The van der Waals surface area contributed by atoms with Crippen molar-refractivity contribution in [2.45, 2.75) is 13.5 Å². The molecule has 0 atom stereocenters. The Hall–Kier alpha value is -4.93. The standard InChI is InChI=1S/C27H24F3N5O3/c1-14-9-16(37-23-6-4-3-5-18(23)28)7-8-20(14)35-26(32)17(13-33-2)25(36)22-10-15-11-24(38-27(29)30)19(31)12-21(15)34-22/h3-13,27,34-35H,31-32H2,1-2H3/b26-17+,33-13-. The Bertz CT molecular complexity index is 1560. The molecule has 4 aromatic rings. The summed E-state index contributed by atoms with van der Waals surface area (Å²) in [6.07, 6.45) is 1.31. The summed E-state index contributed by atoms with van der Waals surface area (Å²) in [5.41, 5.74) is 14.0. The lowest BCUT2D eigenvalue weighted by molar-refractivity contribution is -0.0492. The van der Waals surface area contributed by atoms with Gasteiger partial charge in [-0.05, 0) is 61.0 Å². The second kappa shape index (κ2) is 11.0. The molecule has 1 heterocycles. The van der Waals surface area contributed by atoms with Crippen LogP contribution in [0.15, 0.2) is 77.1 Å². The van der Waals surface area contributed by atoms with Crippen molar-refractivity contribution in [3.8, 4) is 17.2 Å². The number of nitrogens with one attached hydrogen (secondary N) is 2. The van der Waals surface area contributed by atoms with Gasteiger partial charge in [-0.1, -0.05) is 12.1 Å². The zero-order chi connectivity index (χ0) is 27.4. The zero-order valence-corrected chi connectivity index (χ0v) is 20.4. The highest BCUT2D eigenvalue weighted by Crippen LogP contribution is 2.31. The van der Waals surface area contributed by atoms with Crippen LogP contribution in [0.25, 0.3) is 10.9 Å². The Labute approximate surface area is 215 Å². The van der Waals surface area contributed by atoms with Crippen LogP contribution >= 0.6 is 0 Å². The number of benzene rings is 3. The monoisotopic (exact) mass is 523 g/mol. The highest BCUT2D eigenvalue weighted by molar-refractivity contribution is 6.22. The number of aryl methyl sites for hydroxylation is 1. The zero-order valence-electron chi connectivity index (χ0n) is 20.4. The Balaban J connectivity index is 1.60. The number of Topliss-reactive ketones (excluding diaryl/α,β-unsaturated/α-hetero) is 1. The summed E-state index contributed by atoms with van der Waals surface area (Å²) in [7, 11) is 1.49. The number of hydrogen-bond acceptors (Lipinski definition) is 7. The molecular formula is C27H24F3N5O3. The smallest absolute Gasteiger partial charge is 0.387 e. The normalized spacial score (nSPS) is 12.2. The van der Waals surface area contributed by atoms with Crippen LogP contribution in [0.5, 0.6) is 17.2 Å². The molecule has 38 heavy (non-hydrogen) atoms. The maximum absolute atomic E-state index is 13.9. The minimum atomic E-state index is -3.04. The summed E-state index contributed by atoms with van der Waals surface area (Å²) in [5.74, 6) is -0.656. The van der Waals surface area contributed by atoms with E-state index in [1.165, 1.54) is 43.6 Å². The van der Waals surface area contributed by atoms with Crippen molar-refractivity contribution in [2.75, 3.05) is 18.1 Å². The number of H-pyrrole nitrogens is 1. The van der Waals surface area contributed by atoms with Gasteiger partial charge in [0, 0.05) is 29.9 Å². The molecule has 0 amide bonds. The number of aromatic amines is 1. The van der Waals surface area contributed by atoms with Gasteiger partial charge in [0.25, 0.3) is 0 Å². The second-order valence-corrected chi connectivity index (χ2v) is 8.22. The van der Waals surface area contributed by atoms with E-state index >= 15 is 0 Å². The molecule has 0 saturated carbocycles. The molecular weight excluding hydrogens is 499 g/mol. The number of ketones is 1. The van der Waals surface area contributed by atoms with E-state index in [1.54, 1.807) is 37.3 Å². The van der Waals surface area contributed by atoms with Gasteiger partial charge in [0.05, 0.1) is 17.0 Å². The molecule has 3 aromatic carbocycles. The summed E-state index contributed by atoms with van der Waals surface area (Å²) in [6, 6.07) is 15.3. The van der Waals surface area contributed by atoms with Gasteiger partial charge in [-0.25, -0.2) is 4.39 Å². The number of nitrogens with zero attached hydrogens (tertiary/aromatic N) is 1.